The first-order valence-corrected chi connectivity index (χ1v) is 10.6. The van der Waals surface area contributed by atoms with Crippen molar-refractivity contribution in [3.05, 3.63) is 70.7 Å². The fourth-order valence-corrected chi connectivity index (χ4v) is 4.86. The molecule has 0 saturated carbocycles. The van der Waals surface area contributed by atoms with E-state index in [0.717, 1.165) is 29.6 Å². The number of anilines is 1. The van der Waals surface area contributed by atoms with Crippen molar-refractivity contribution in [2.24, 2.45) is 0 Å². The standard InChI is InChI=1S/C19H17Cl2F3N2O3S/c1-3-10-26(16-7-5-4-6-14(16)20)30(28,29)17-11-13(8-9-15(17)21)18(27)25(2)12-19(22,23)24/h3-9,11H,1,10,12H2,2H3. The third kappa shape index (κ3) is 5.47. The second-order valence-electron chi connectivity index (χ2n) is 6.20. The van der Waals surface area contributed by atoms with Gasteiger partial charge < -0.3 is 4.90 Å². The molecule has 0 unspecified atom stereocenters. The number of hydrogen-bond donors (Lipinski definition) is 0. The molecule has 2 aromatic carbocycles. The second kappa shape index (κ2) is 9.28. The predicted molar refractivity (Wildman–Crippen MR) is 111 cm³/mol. The third-order valence-corrected chi connectivity index (χ3v) is 6.51. The Morgan fingerprint density at radius 3 is 2.33 bits per heavy atom. The van der Waals surface area contributed by atoms with Gasteiger partial charge in [0.1, 0.15) is 11.4 Å². The molecule has 0 bridgehead atoms. The minimum atomic E-state index is -4.60. The highest BCUT2D eigenvalue weighted by Crippen LogP contribution is 2.33. The summed E-state index contributed by atoms with van der Waals surface area (Å²) >= 11 is 12.2. The van der Waals surface area contributed by atoms with E-state index in [4.69, 9.17) is 23.2 Å². The van der Waals surface area contributed by atoms with Gasteiger partial charge in [0, 0.05) is 12.6 Å². The van der Waals surface area contributed by atoms with E-state index in [-0.39, 0.29) is 27.8 Å². The van der Waals surface area contributed by atoms with Crippen molar-refractivity contribution in [2.45, 2.75) is 11.1 Å². The maximum absolute atomic E-state index is 13.3. The molecule has 0 aliphatic carbocycles. The SMILES string of the molecule is C=CCN(c1ccccc1Cl)S(=O)(=O)c1cc(C(=O)N(C)CC(F)(F)F)ccc1Cl. The van der Waals surface area contributed by atoms with Gasteiger partial charge in [-0.2, -0.15) is 13.2 Å². The van der Waals surface area contributed by atoms with E-state index in [1.54, 1.807) is 12.1 Å². The van der Waals surface area contributed by atoms with Gasteiger partial charge in [-0.25, -0.2) is 8.42 Å². The molecule has 0 spiro atoms. The van der Waals surface area contributed by atoms with E-state index in [2.05, 4.69) is 6.58 Å². The maximum atomic E-state index is 13.3. The molecule has 0 aliphatic rings. The summed E-state index contributed by atoms with van der Waals surface area (Å²) in [6.07, 6.45) is -3.27. The van der Waals surface area contributed by atoms with Crippen LogP contribution < -0.4 is 4.31 Å². The molecule has 0 fully saturated rings. The van der Waals surface area contributed by atoms with Crippen molar-refractivity contribution in [3.63, 3.8) is 0 Å². The predicted octanol–water partition coefficient (Wildman–Crippen LogP) is 5.01. The number of amides is 1. The molecule has 2 aromatic rings. The Morgan fingerprint density at radius 1 is 1.13 bits per heavy atom. The molecule has 2 rings (SSSR count). The number of benzene rings is 2. The van der Waals surface area contributed by atoms with Gasteiger partial charge in [0.25, 0.3) is 15.9 Å². The minimum Gasteiger partial charge on any atom is -0.333 e. The number of sulfonamides is 1. The summed E-state index contributed by atoms with van der Waals surface area (Å²) in [5.41, 5.74) is -0.108. The number of rotatable bonds is 7. The molecular weight excluding hydrogens is 464 g/mol. The number of para-hydroxylation sites is 1. The van der Waals surface area contributed by atoms with E-state index < -0.39 is 33.5 Å². The summed E-state index contributed by atoms with van der Waals surface area (Å²) in [5.74, 6) is -1.01. The zero-order valence-electron chi connectivity index (χ0n) is 15.7. The van der Waals surface area contributed by atoms with Crippen LogP contribution in [-0.2, 0) is 10.0 Å². The smallest absolute Gasteiger partial charge is 0.333 e. The summed E-state index contributed by atoms with van der Waals surface area (Å²) in [6, 6.07) is 9.42. The van der Waals surface area contributed by atoms with Crippen molar-refractivity contribution in [1.82, 2.24) is 4.90 Å². The van der Waals surface area contributed by atoms with Crippen molar-refractivity contribution in [2.75, 3.05) is 24.4 Å². The fourth-order valence-electron chi connectivity index (χ4n) is 2.61. The Morgan fingerprint density at radius 2 is 1.77 bits per heavy atom. The monoisotopic (exact) mass is 480 g/mol. The number of carbonyl (C=O) groups is 1. The lowest BCUT2D eigenvalue weighted by Crippen LogP contribution is -2.36. The minimum absolute atomic E-state index is 0.149. The van der Waals surface area contributed by atoms with Crippen LogP contribution in [-0.4, -0.2) is 45.5 Å². The largest absolute Gasteiger partial charge is 0.406 e. The van der Waals surface area contributed by atoms with Crippen molar-refractivity contribution in [1.29, 1.82) is 0 Å². The zero-order chi connectivity index (χ0) is 22.7. The van der Waals surface area contributed by atoms with Gasteiger partial charge in [0.05, 0.1) is 22.3 Å². The van der Waals surface area contributed by atoms with Gasteiger partial charge in [-0.05, 0) is 30.3 Å². The molecule has 0 N–H and O–H groups in total. The van der Waals surface area contributed by atoms with E-state index in [1.165, 1.54) is 18.2 Å². The lowest BCUT2D eigenvalue weighted by Gasteiger charge is -2.25. The third-order valence-electron chi connectivity index (χ3n) is 3.93. The van der Waals surface area contributed by atoms with Gasteiger partial charge >= 0.3 is 6.18 Å². The Bertz CT molecular complexity index is 1060. The number of nitrogens with zero attached hydrogens (tertiary/aromatic N) is 2. The van der Waals surface area contributed by atoms with E-state index in [9.17, 15) is 26.4 Å². The molecule has 162 valence electrons. The fraction of sp³-hybridized carbons (Fsp3) is 0.211. The lowest BCUT2D eigenvalue weighted by atomic mass is 10.2. The van der Waals surface area contributed by atoms with Crippen LogP contribution in [0.2, 0.25) is 10.0 Å². The lowest BCUT2D eigenvalue weighted by molar-refractivity contribution is -0.138. The van der Waals surface area contributed by atoms with Gasteiger partial charge in [0.2, 0.25) is 0 Å². The van der Waals surface area contributed by atoms with Gasteiger partial charge in [0.15, 0.2) is 0 Å². The highest BCUT2D eigenvalue weighted by molar-refractivity contribution is 7.93. The van der Waals surface area contributed by atoms with Gasteiger partial charge in [-0.15, -0.1) is 6.58 Å². The number of alkyl halides is 3. The van der Waals surface area contributed by atoms with Crippen LogP contribution in [0, 0.1) is 0 Å². The van der Waals surface area contributed by atoms with Crippen LogP contribution in [0.4, 0.5) is 18.9 Å². The van der Waals surface area contributed by atoms with Gasteiger partial charge in [-0.3, -0.25) is 9.10 Å². The molecule has 0 aliphatic heterocycles. The Kier molecular flexibility index (Phi) is 7.44. The highest BCUT2D eigenvalue weighted by atomic mass is 35.5. The molecule has 30 heavy (non-hydrogen) atoms. The Hall–Kier alpha value is -2.23. The molecular formula is C19H17Cl2F3N2O3S. The molecule has 0 radical (unpaired) electrons. The Balaban J connectivity index is 2.53. The molecule has 0 atom stereocenters. The summed E-state index contributed by atoms with van der Waals surface area (Å²) in [4.78, 5) is 12.4. The Labute approximate surface area is 182 Å². The topological polar surface area (TPSA) is 57.7 Å². The van der Waals surface area contributed by atoms with Crippen LogP contribution in [0.25, 0.3) is 0 Å². The van der Waals surface area contributed by atoms with E-state index >= 15 is 0 Å². The van der Waals surface area contributed by atoms with Crippen LogP contribution in [0.1, 0.15) is 10.4 Å². The zero-order valence-corrected chi connectivity index (χ0v) is 18.0. The highest BCUT2D eigenvalue weighted by Gasteiger charge is 2.33. The van der Waals surface area contributed by atoms with Crippen molar-refractivity contribution in [3.8, 4) is 0 Å². The van der Waals surface area contributed by atoms with Crippen LogP contribution >= 0.6 is 23.2 Å². The summed E-state index contributed by atoms with van der Waals surface area (Å²) in [6.45, 7) is 1.89. The molecule has 0 saturated heterocycles. The van der Waals surface area contributed by atoms with Crippen LogP contribution in [0.3, 0.4) is 0 Å². The first kappa shape index (κ1) is 24.0. The van der Waals surface area contributed by atoms with Crippen molar-refractivity contribution < 1.29 is 26.4 Å². The average Bonchev–Trinajstić information content (AvgIpc) is 2.65. The second-order valence-corrected chi connectivity index (χ2v) is 8.84. The van der Waals surface area contributed by atoms with E-state index in [0.29, 0.717) is 4.90 Å². The van der Waals surface area contributed by atoms with E-state index in [1.807, 2.05) is 0 Å². The number of halogens is 5. The van der Waals surface area contributed by atoms with Crippen LogP contribution in [0.15, 0.2) is 60.0 Å². The van der Waals surface area contributed by atoms with Crippen LogP contribution in [0.5, 0.6) is 0 Å². The first-order chi connectivity index (χ1) is 13.9. The summed E-state index contributed by atoms with van der Waals surface area (Å²) < 4.78 is 65.3. The summed E-state index contributed by atoms with van der Waals surface area (Å²) in [7, 11) is -3.37. The molecule has 5 nitrogen and oxygen atoms in total. The van der Waals surface area contributed by atoms with Crippen molar-refractivity contribution >= 4 is 44.8 Å². The molecule has 0 aromatic heterocycles. The average molecular weight is 481 g/mol. The molecule has 11 heteroatoms. The van der Waals surface area contributed by atoms with Gasteiger partial charge in [-0.1, -0.05) is 41.4 Å². The first-order valence-electron chi connectivity index (χ1n) is 8.38. The normalized spacial score (nSPS) is 11.8. The number of carbonyl (C=O) groups excluding carboxylic acids is 1. The quantitative estimate of drug-likeness (QED) is 0.523. The summed E-state index contributed by atoms with van der Waals surface area (Å²) in [5, 5.41) is -0.0534. The molecule has 0 heterocycles. The maximum Gasteiger partial charge on any atom is 0.406 e. The molecule has 1 amide bonds. The number of hydrogen-bond acceptors (Lipinski definition) is 3.